The molecule has 4 nitrogen and oxygen atoms in total. The summed E-state index contributed by atoms with van der Waals surface area (Å²) in [6, 6.07) is 1.76. The van der Waals surface area contributed by atoms with Gasteiger partial charge in [0.2, 0.25) is 0 Å². The standard InChI is InChI=1S/C12H19BrN2O2S2/c1-10(9-15-5-2-3-6-15)8-14-19(16,17)12-11(13)4-7-18-12/h4,7,10,14H,2-3,5-6,8-9H2,1H3. The molecule has 108 valence electrons. The summed E-state index contributed by atoms with van der Waals surface area (Å²) in [5, 5.41) is 1.77. The molecule has 0 aromatic carbocycles. The Labute approximate surface area is 127 Å². The van der Waals surface area contributed by atoms with Crippen molar-refractivity contribution in [1.29, 1.82) is 0 Å². The highest BCUT2D eigenvalue weighted by Crippen LogP contribution is 2.27. The van der Waals surface area contributed by atoms with Gasteiger partial charge in [0.25, 0.3) is 10.0 Å². The fourth-order valence-corrected chi connectivity index (χ4v) is 5.80. The highest BCUT2D eigenvalue weighted by molar-refractivity contribution is 9.10. The SMILES string of the molecule is CC(CNS(=O)(=O)c1sccc1Br)CN1CCCC1. The van der Waals surface area contributed by atoms with Crippen LogP contribution in [0, 0.1) is 5.92 Å². The summed E-state index contributed by atoms with van der Waals surface area (Å²) >= 11 is 4.50. The van der Waals surface area contributed by atoms with Crippen LogP contribution < -0.4 is 4.72 Å². The van der Waals surface area contributed by atoms with E-state index < -0.39 is 10.0 Å². The molecule has 0 spiro atoms. The largest absolute Gasteiger partial charge is 0.303 e. The van der Waals surface area contributed by atoms with Crippen molar-refractivity contribution in [3.05, 3.63) is 15.9 Å². The number of rotatable bonds is 6. The fourth-order valence-electron chi connectivity index (χ4n) is 2.26. The van der Waals surface area contributed by atoms with Crippen molar-refractivity contribution in [2.75, 3.05) is 26.2 Å². The summed E-state index contributed by atoms with van der Waals surface area (Å²) in [5.74, 6) is 0.326. The van der Waals surface area contributed by atoms with Gasteiger partial charge in [0.1, 0.15) is 4.21 Å². The molecule has 1 saturated heterocycles. The van der Waals surface area contributed by atoms with Gasteiger partial charge in [-0.05, 0) is 59.2 Å². The smallest absolute Gasteiger partial charge is 0.251 e. The number of likely N-dealkylation sites (tertiary alicyclic amines) is 1. The molecule has 1 aromatic heterocycles. The van der Waals surface area contributed by atoms with Crippen LogP contribution in [0.5, 0.6) is 0 Å². The average molecular weight is 367 g/mol. The Balaban J connectivity index is 1.85. The Kier molecular flexibility index (Phi) is 5.42. The first-order chi connectivity index (χ1) is 8.99. The lowest BCUT2D eigenvalue weighted by molar-refractivity contribution is 0.288. The molecular formula is C12H19BrN2O2S2. The summed E-state index contributed by atoms with van der Waals surface area (Å²) in [6.07, 6.45) is 2.53. The second kappa shape index (κ2) is 6.67. The fraction of sp³-hybridized carbons (Fsp3) is 0.667. The number of hydrogen-bond donors (Lipinski definition) is 1. The minimum atomic E-state index is -3.37. The average Bonchev–Trinajstić information content (AvgIpc) is 2.98. The molecule has 2 heterocycles. The molecule has 1 aliphatic rings. The van der Waals surface area contributed by atoms with Crippen molar-refractivity contribution in [1.82, 2.24) is 9.62 Å². The lowest BCUT2D eigenvalue weighted by Crippen LogP contribution is -2.34. The monoisotopic (exact) mass is 366 g/mol. The van der Waals surface area contributed by atoms with Gasteiger partial charge in [-0.2, -0.15) is 0 Å². The maximum Gasteiger partial charge on any atom is 0.251 e. The molecule has 0 aliphatic carbocycles. The third-order valence-corrected chi connectivity index (χ3v) is 7.31. The van der Waals surface area contributed by atoms with Crippen LogP contribution in [0.3, 0.4) is 0 Å². The van der Waals surface area contributed by atoms with Crippen LogP contribution in [0.15, 0.2) is 20.1 Å². The molecular weight excluding hydrogens is 348 g/mol. The molecule has 0 radical (unpaired) electrons. The lowest BCUT2D eigenvalue weighted by Gasteiger charge is -2.20. The van der Waals surface area contributed by atoms with E-state index >= 15 is 0 Å². The summed E-state index contributed by atoms with van der Waals surface area (Å²) in [7, 11) is -3.37. The lowest BCUT2D eigenvalue weighted by atomic mass is 10.2. The number of sulfonamides is 1. The van der Waals surface area contributed by atoms with Gasteiger partial charge in [0.05, 0.1) is 0 Å². The zero-order chi connectivity index (χ0) is 13.9. The van der Waals surface area contributed by atoms with E-state index in [9.17, 15) is 8.42 Å². The van der Waals surface area contributed by atoms with Crippen molar-refractivity contribution in [2.45, 2.75) is 24.0 Å². The van der Waals surface area contributed by atoms with E-state index in [1.807, 2.05) is 0 Å². The van der Waals surface area contributed by atoms with E-state index in [0.717, 1.165) is 19.6 Å². The molecule has 1 aliphatic heterocycles. The number of thiophene rings is 1. The van der Waals surface area contributed by atoms with Crippen molar-refractivity contribution >= 4 is 37.3 Å². The minimum Gasteiger partial charge on any atom is -0.303 e. The van der Waals surface area contributed by atoms with Crippen LogP contribution in [-0.2, 0) is 10.0 Å². The van der Waals surface area contributed by atoms with Crippen LogP contribution in [0.1, 0.15) is 19.8 Å². The van der Waals surface area contributed by atoms with Gasteiger partial charge in [-0.25, -0.2) is 13.1 Å². The van der Waals surface area contributed by atoms with Gasteiger partial charge in [0.15, 0.2) is 0 Å². The maximum absolute atomic E-state index is 12.1. The Morgan fingerprint density at radius 1 is 1.47 bits per heavy atom. The highest BCUT2D eigenvalue weighted by Gasteiger charge is 2.21. The predicted octanol–water partition coefficient (Wildman–Crippen LogP) is 2.52. The van der Waals surface area contributed by atoms with Crippen molar-refractivity contribution < 1.29 is 8.42 Å². The third-order valence-electron chi connectivity index (χ3n) is 3.22. The minimum absolute atomic E-state index is 0.326. The Hall–Kier alpha value is 0.0500. The maximum atomic E-state index is 12.1. The van der Waals surface area contributed by atoms with E-state index in [4.69, 9.17) is 0 Å². The van der Waals surface area contributed by atoms with Gasteiger partial charge in [-0.3, -0.25) is 0 Å². The van der Waals surface area contributed by atoms with E-state index in [-0.39, 0.29) is 0 Å². The second-order valence-electron chi connectivity index (χ2n) is 5.02. The van der Waals surface area contributed by atoms with Crippen molar-refractivity contribution in [3.63, 3.8) is 0 Å². The van der Waals surface area contributed by atoms with Gasteiger partial charge in [0, 0.05) is 17.6 Å². The quantitative estimate of drug-likeness (QED) is 0.841. The molecule has 1 aromatic rings. The van der Waals surface area contributed by atoms with E-state index in [1.165, 1.54) is 24.2 Å². The number of nitrogens with one attached hydrogen (secondary N) is 1. The van der Waals surface area contributed by atoms with Gasteiger partial charge >= 0.3 is 0 Å². The van der Waals surface area contributed by atoms with Crippen LogP contribution in [0.25, 0.3) is 0 Å². The van der Waals surface area contributed by atoms with Gasteiger partial charge in [-0.15, -0.1) is 11.3 Å². The van der Waals surface area contributed by atoms with E-state index in [2.05, 4.69) is 32.5 Å². The van der Waals surface area contributed by atoms with Crippen LogP contribution in [-0.4, -0.2) is 39.5 Å². The molecule has 0 bridgehead atoms. The first kappa shape index (κ1) is 15.4. The molecule has 1 atom stereocenters. The van der Waals surface area contributed by atoms with Gasteiger partial charge in [-0.1, -0.05) is 6.92 Å². The molecule has 1 fully saturated rings. The molecule has 0 saturated carbocycles. The molecule has 1 unspecified atom stereocenters. The van der Waals surface area contributed by atoms with Gasteiger partial charge < -0.3 is 4.90 Å². The summed E-state index contributed by atoms with van der Waals surface area (Å²) < 4.78 is 27.9. The molecule has 1 N–H and O–H groups in total. The predicted molar refractivity (Wildman–Crippen MR) is 82.0 cm³/mol. The summed E-state index contributed by atoms with van der Waals surface area (Å²) in [5.41, 5.74) is 0. The van der Waals surface area contributed by atoms with E-state index in [0.29, 0.717) is 21.1 Å². The van der Waals surface area contributed by atoms with Crippen LogP contribution in [0.4, 0.5) is 0 Å². The van der Waals surface area contributed by atoms with Crippen LogP contribution in [0.2, 0.25) is 0 Å². The van der Waals surface area contributed by atoms with Crippen molar-refractivity contribution in [2.24, 2.45) is 5.92 Å². The second-order valence-corrected chi connectivity index (χ2v) is 8.75. The number of halogens is 1. The molecule has 19 heavy (non-hydrogen) atoms. The first-order valence-corrected chi connectivity index (χ1v) is 9.59. The zero-order valence-corrected chi connectivity index (χ0v) is 14.2. The topological polar surface area (TPSA) is 49.4 Å². The normalized spacial score (nSPS) is 18.8. The summed E-state index contributed by atoms with van der Waals surface area (Å²) in [4.78, 5) is 2.40. The Morgan fingerprint density at radius 2 is 2.16 bits per heavy atom. The highest BCUT2D eigenvalue weighted by atomic mass is 79.9. The zero-order valence-electron chi connectivity index (χ0n) is 10.9. The number of nitrogens with zero attached hydrogens (tertiary/aromatic N) is 1. The molecule has 0 amide bonds. The Bertz CT molecular complexity index is 510. The Morgan fingerprint density at radius 3 is 2.74 bits per heavy atom. The molecule has 2 rings (SSSR count). The number of hydrogen-bond acceptors (Lipinski definition) is 4. The summed E-state index contributed by atoms with van der Waals surface area (Å²) in [6.45, 7) is 5.84. The molecule has 7 heteroatoms. The first-order valence-electron chi connectivity index (χ1n) is 6.44. The van der Waals surface area contributed by atoms with Crippen molar-refractivity contribution in [3.8, 4) is 0 Å². The van der Waals surface area contributed by atoms with E-state index in [1.54, 1.807) is 11.4 Å². The third kappa shape index (κ3) is 4.26. The van der Waals surface area contributed by atoms with Crippen LogP contribution >= 0.6 is 27.3 Å².